The number of nitrogens with zero attached hydrogens (tertiary/aromatic N) is 2. The average Bonchev–Trinajstić information content (AvgIpc) is 3.06. The van der Waals surface area contributed by atoms with Crippen molar-refractivity contribution < 1.29 is 0 Å². The van der Waals surface area contributed by atoms with Gasteiger partial charge in [-0.3, -0.25) is 4.98 Å². The third kappa shape index (κ3) is 2.58. The number of hydrogen-bond acceptors (Lipinski definition) is 4. The van der Waals surface area contributed by atoms with Crippen molar-refractivity contribution in [1.82, 2.24) is 9.97 Å². The van der Waals surface area contributed by atoms with E-state index in [2.05, 4.69) is 15.3 Å². The second-order valence-electron chi connectivity index (χ2n) is 4.22. The lowest BCUT2D eigenvalue weighted by Crippen LogP contribution is -2.02. The van der Waals surface area contributed by atoms with Crippen molar-refractivity contribution in [3.05, 3.63) is 28.9 Å². The number of thiazole rings is 1. The lowest BCUT2D eigenvalue weighted by atomic mass is 10.2. The minimum absolute atomic E-state index is 0.645. The van der Waals surface area contributed by atoms with Crippen molar-refractivity contribution in [1.29, 1.82) is 0 Å². The molecule has 1 saturated carbocycles. The Labute approximate surface area is 109 Å². The largest absolute Gasteiger partial charge is 0.361 e. The summed E-state index contributed by atoms with van der Waals surface area (Å²) in [5, 5.41) is 7.01. The summed E-state index contributed by atoms with van der Waals surface area (Å²) < 4.78 is 0. The van der Waals surface area contributed by atoms with E-state index < -0.39 is 0 Å². The Morgan fingerprint density at radius 1 is 1.47 bits per heavy atom. The van der Waals surface area contributed by atoms with Gasteiger partial charge >= 0.3 is 0 Å². The molecule has 0 unspecified atom stereocenters. The number of halogens is 1. The van der Waals surface area contributed by atoms with Gasteiger partial charge in [0.2, 0.25) is 0 Å². The Kier molecular flexibility index (Phi) is 2.99. The molecule has 1 fully saturated rings. The third-order valence-corrected chi connectivity index (χ3v) is 3.89. The van der Waals surface area contributed by atoms with Crippen molar-refractivity contribution in [3.8, 4) is 11.3 Å². The maximum atomic E-state index is 6.09. The van der Waals surface area contributed by atoms with Crippen molar-refractivity contribution in [2.45, 2.75) is 12.8 Å². The van der Waals surface area contributed by atoms with Gasteiger partial charge in [-0.25, -0.2) is 4.98 Å². The summed E-state index contributed by atoms with van der Waals surface area (Å²) in [6.07, 6.45) is 6.08. The quantitative estimate of drug-likeness (QED) is 0.916. The summed E-state index contributed by atoms with van der Waals surface area (Å²) in [6, 6.07) is 1.89. The molecule has 1 aliphatic rings. The van der Waals surface area contributed by atoms with E-state index in [9.17, 15) is 0 Å². The van der Waals surface area contributed by atoms with Crippen LogP contribution in [0, 0.1) is 5.92 Å². The van der Waals surface area contributed by atoms with Crippen LogP contribution in [0.25, 0.3) is 11.3 Å². The van der Waals surface area contributed by atoms with Crippen LogP contribution in [0.3, 0.4) is 0 Å². The molecule has 0 aromatic carbocycles. The van der Waals surface area contributed by atoms with Crippen LogP contribution < -0.4 is 5.32 Å². The van der Waals surface area contributed by atoms with Gasteiger partial charge in [0.15, 0.2) is 5.13 Å². The molecule has 0 aliphatic heterocycles. The van der Waals surface area contributed by atoms with Crippen molar-refractivity contribution in [3.63, 3.8) is 0 Å². The molecule has 0 atom stereocenters. The van der Waals surface area contributed by atoms with Crippen LogP contribution in [-0.2, 0) is 0 Å². The van der Waals surface area contributed by atoms with Crippen LogP contribution in [0.15, 0.2) is 23.8 Å². The van der Waals surface area contributed by atoms with E-state index in [0.29, 0.717) is 5.02 Å². The molecule has 17 heavy (non-hydrogen) atoms. The molecule has 3 nitrogen and oxygen atoms in total. The molecule has 0 bridgehead atoms. The highest BCUT2D eigenvalue weighted by Gasteiger charge is 2.21. The van der Waals surface area contributed by atoms with E-state index in [1.54, 1.807) is 23.7 Å². The Bertz CT molecular complexity index is 522. The molecule has 0 spiro atoms. The third-order valence-electron chi connectivity index (χ3n) is 2.79. The Balaban J connectivity index is 1.77. The Morgan fingerprint density at radius 3 is 3.12 bits per heavy atom. The smallest absolute Gasteiger partial charge is 0.183 e. The Hall–Kier alpha value is -1.13. The van der Waals surface area contributed by atoms with E-state index >= 15 is 0 Å². The predicted octanol–water partition coefficient (Wildman–Crippen LogP) is 3.68. The van der Waals surface area contributed by atoms with Gasteiger partial charge in [0.25, 0.3) is 0 Å². The van der Waals surface area contributed by atoms with Gasteiger partial charge in [-0.05, 0) is 24.8 Å². The lowest BCUT2D eigenvalue weighted by Gasteiger charge is -2.00. The highest BCUT2D eigenvalue weighted by molar-refractivity contribution is 7.14. The second kappa shape index (κ2) is 4.63. The molecule has 2 heterocycles. The number of pyridine rings is 1. The first-order valence-corrected chi connectivity index (χ1v) is 6.88. The fraction of sp³-hybridized carbons (Fsp3) is 0.333. The standard InChI is InChI=1S/C12H12ClN3S/c13-10-6-14-4-3-9(10)11-7-17-12(16-11)15-5-8-1-2-8/h3-4,6-8H,1-2,5H2,(H,15,16). The van der Waals surface area contributed by atoms with Crippen molar-refractivity contribution >= 4 is 28.1 Å². The van der Waals surface area contributed by atoms with Gasteiger partial charge < -0.3 is 5.32 Å². The van der Waals surface area contributed by atoms with Crippen LogP contribution in [0.1, 0.15) is 12.8 Å². The van der Waals surface area contributed by atoms with Gasteiger partial charge in [-0.2, -0.15) is 0 Å². The average molecular weight is 266 g/mol. The van der Waals surface area contributed by atoms with E-state index in [4.69, 9.17) is 11.6 Å². The van der Waals surface area contributed by atoms with Crippen LogP contribution in [0.4, 0.5) is 5.13 Å². The molecule has 5 heteroatoms. The zero-order valence-corrected chi connectivity index (χ0v) is 10.8. The van der Waals surface area contributed by atoms with Crippen LogP contribution >= 0.6 is 22.9 Å². The maximum Gasteiger partial charge on any atom is 0.183 e. The Morgan fingerprint density at radius 2 is 2.35 bits per heavy atom. The molecule has 88 valence electrons. The molecule has 0 saturated heterocycles. The molecule has 2 aromatic heterocycles. The second-order valence-corrected chi connectivity index (χ2v) is 5.48. The summed E-state index contributed by atoms with van der Waals surface area (Å²) in [5.41, 5.74) is 1.86. The normalized spacial score (nSPS) is 14.9. The van der Waals surface area contributed by atoms with Crippen molar-refractivity contribution in [2.75, 3.05) is 11.9 Å². The van der Waals surface area contributed by atoms with Gasteiger partial charge in [0.05, 0.1) is 10.7 Å². The summed E-state index contributed by atoms with van der Waals surface area (Å²) in [6.45, 7) is 1.04. The number of hydrogen-bond donors (Lipinski definition) is 1. The van der Waals surface area contributed by atoms with Gasteiger partial charge in [-0.1, -0.05) is 11.6 Å². The van der Waals surface area contributed by atoms with E-state index in [1.165, 1.54) is 12.8 Å². The van der Waals surface area contributed by atoms with Gasteiger partial charge in [0, 0.05) is 29.9 Å². The zero-order chi connectivity index (χ0) is 11.7. The minimum Gasteiger partial charge on any atom is -0.361 e. The maximum absolute atomic E-state index is 6.09. The molecule has 3 rings (SSSR count). The molecular weight excluding hydrogens is 254 g/mol. The first kappa shape index (κ1) is 11.0. The first-order chi connectivity index (χ1) is 8.33. The highest BCUT2D eigenvalue weighted by atomic mass is 35.5. The molecule has 2 aromatic rings. The number of aromatic nitrogens is 2. The summed E-state index contributed by atoms with van der Waals surface area (Å²) >= 11 is 7.71. The first-order valence-electron chi connectivity index (χ1n) is 5.62. The zero-order valence-electron chi connectivity index (χ0n) is 9.19. The minimum atomic E-state index is 0.645. The number of anilines is 1. The fourth-order valence-corrected chi connectivity index (χ4v) is 2.55. The van der Waals surface area contributed by atoms with Crippen LogP contribution in [0.5, 0.6) is 0 Å². The van der Waals surface area contributed by atoms with E-state index in [-0.39, 0.29) is 0 Å². The number of rotatable bonds is 4. The van der Waals surface area contributed by atoms with Gasteiger partial charge in [-0.15, -0.1) is 11.3 Å². The summed E-state index contributed by atoms with van der Waals surface area (Å²) in [7, 11) is 0. The van der Waals surface area contributed by atoms with Crippen molar-refractivity contribution in [2.24, 2.45) is 5.92 Å². The van der Waals surface area contributed by atoms with Crippen LogP contribution in [-0.4, -0.2) is 16.5 Å². The topological polar surface area (TPSA) is 37.8 Å². The number of nitrogens with one attached hydrogen (secondary N) is 1. The summed E-state index contributed by atoms with van der Waals surface area (Å²) in [4.78, 5) is 8.51. The molecule has 0 amide bonds. The predicted molar refractivity (Wildman–Crippen MR) is 71.6 cm³/mol. The fourth-order valence-electron chi connectivity index (χ4n) is 1.62. The van der Waals surface area contributed by atoms with E-state index in [1.807, 2.05) is 11.4 Å². The molecule has 1 aliphatic carbocycles. The van der Waals surface area contributed by atoms with Crippen LogP contribution in [0.2, 0.25) is 5.02 Å². The SMILES string of the molecule is Clc1cnccc1-c1csc(NCC2CC2)n1. The summed E-state index contributed by atoms with van der Waals surface area (Å²) in [5.74, 6) is 0.854. The van der Waals surface area contributed by atoms with Gasteiger partial charge in [0.1, 0.15) is 0 Å². The monoisotopic (exact) mass is 265 g/mol. The lowest BCUT2D eigenvalue weighted by molar-refractivity contribution is 0.887. The molecular formula is C12H12ClN3S. The molecule has 0 radical (unpaired) electrons. The molecule has 1 N–H and O–H groups in total. The van der Waals surface area contributed by atoms with E-state index in [0.717, 1.165) is 28.9 Å². The highest BCUT2D eigenvalue weighted by Crippen LogP contribution is 2.32.